The molecular formula is C23H27IN4O5. The molecule has 3 N–H and O–H groups in total. The molecular weight excluding hydrogens is 539 g/mol. The highest BCUT2D eigenvalue weighted by molar-refractivity contribution is 14.1. The molecule has 0 radical (unpaired) electrons. The molecule has 33 heavy (non-hydrogen) atoms. The van der Waals surface area contributed by atoms with Gasteiger partial charge in [-0.25, -0.2) is 0 Å². The van der Waals surface area contributed by atoms with E-state index in [9.17, 15) is 14.4 Å². The molecule has 0 fully saturated rings. The second-order valence-corrected chi connectivity index (χ2v) is 8.40. The lowest BCUT2D eigenvalue weighted by molar-refractivity contribution is -0.122. The third-order valence-electron chi connectivity index (χ3n) is 4.63. The van der Waals surface area contributed by atoms with Crippen LogP contribution in [0.3, 0.4) is 0 Å². The van der Waals surface area contributed by atoms with Gasteiger partial charge >= 0.3 is 0 Å². The third kappa shape index (κ3) is 8.46. The SMILES string of the molecule is C=C(CCNC(=O)c1ccnc(C(=O)N(I)CCO)c1)NC(=O)COc1ccc(C)c(C)c1. The van der Waals surface area contributed by atoms with E-state index in [0.717, 1.165) is 11.1 Å². The molecule has 3 amide bonds. The lowest BCUT2D eigenvalue weighted by Crippen LogP contribution is -2.31. The summed E-state index contributed by atoms with van der Waals surface area (Å²) in [7, 11) is 0. The maximum Gasteiger partial charge on any atom is 0.281 e. The molecule has 176 valence electrons. The summed E-state index contributed by atoms with van der Waals surface area (Å²) >= 11 is 1.78. The maximum atomic E-state index is 12.4. The molecule has 1 aromatic heterocycles. The standard InChI is InChI=1S/C23H27IN4O5/c1-15-4-5-19(12-16(15)2)33-14-21(30)27-17(3)6-8-26-22(31)18-7-9-25-20(13-18)23(32)28(24)10-11-29/h4-5,7,9,12-13,29H,3,6,8,10-11,14H2,1-2H3,(H,26,31)(H,27,30). The zero-order chi connectivity index (χ0) is 24.4. The predicted molar refractivity (Wildman–Crippen MR) is 132 cm³/mol. The second-order valence-electron chi connectivity index (χ2n) is 7.24. The van der Waals surface area contributed by atoms with Crippen molar-refractivity contribution < 1.29 is 24.2 Å². The summed E-state index contributed by atoms with van der Waals surface area (Å²) in [5.74, 6) is -0.513. The molecule has 2 aromatic rings. The van der Waals surface area contributed by atoms with Crippen LogP contribution in [-0.4, -0.2) is 57.2 Å². The average Bonchev–Trinajstić information content (AvgIpc) is 2.79. The Labute approximate surface area is 206 Å². The molecule has 2 rings (SSSR count). The summed E-state index contributed by atoms with van der Waals surface area (Å²) in [4.78, 5) is 40.7. The number of rotatable bonds is 11. The number of hydrogen-bond acceptors (Lipinski definition) is 6. The summed E-state index contributed by atoms with van der Waals surface area (Å²) in [6.45, 7) is 7.84. The number of aliphatic hydroxyl groups excluding tert-OH is 1. The Balaban J connectivity index is 1.76. The van der Waals surface area contributed by atoms with Gasteiger partial charge in [0.1, 0.15) is 11.4 Å². The van der Waals surface area contributed by atoms with E-state index in [-0.39, 0.29) is 49.4 Å². The Morgan fingerprint density at radius 3 is 2.64 bits per heavy atom. The largest absolute Gasteiger partial charge is 0.484 e. The van der Waals surface area contributed by atoms with Gasteiger partial charge in [-0.3, -0.25) is 22.5 Å². The normalized spacial score (nSPS) is 10.3. The van der Waals surface area contributed by atoms with Crippen molar-refractivity contribution in [3.63, 3.8) is 0 Å². The van der Waals surface area contributed by atoms with Gasteiger partial charge in [0.05, 0.1) is 36.0 Å². The van der Waals surface area contributed by atoms with Crippen molar-refractivity contribution in [2.24, 2.45) is 0 Å². The Morgan fingerprint density at radius 1 is 1.18 bits per heavy atom. The van der Waals surface area contributed by atoms with Crippen LogP contribution in [0.25, 0.3) is 0 Å². The van der Waals surface area contributed by atoms with Crippen LogP contribution in [0.4, 0.5) is 0 Å². The van der Waals surface area contributed by atoms with Crippen molar-refractivity contribution in [1.82, 2.24) is 18.7 Å². The van der Waals surface area contributed by atoms with Crippen LogP contribution < -0.4 is 15.4 Å². The highest BCUT2D eigenvalue weighted by atomic mass is 127. The number of carbonyl (C=O) groups excluding carboxylic acids is 3. The van der Waals surface area contributed by atoms with E-state index in [2.05, 4.69) is 22.2 Å². The monoisotopic (exact) mass is 566 g/mol. The van der Waals surface area contributed by atoms with Crippen molar-refractivity contribution in [2.45, 2.75) is 20.3 Å². The molecule has 1 heterocycles. The van der Waals surface area contributed by atoms with Crippen molar-refractivity contribution in [1.29, 1.82) is 0 Å². The van der Waals surface area contributed by atoms with E-state index in [0.29, 0.717) is 17.9 Å². The highest BCUT2D eigenvalue weighted by Gasteiger charge is 2.16. The van der Waals surface area contributed by atoms with Gasteiger partial charge in [-0.05, 0) is 49.2 Å². The Morgan fingerprint density at radius 2 is 1.94 bits per heavy atom. The molecule has 0 unspecified atom stereocenters. The molecule has 0 saturated carbocycles. The minimum Gasteiger partial charge on any atom is -0.484 e. The first-order valence-corrected chi connectivity index (χ1v) is 11.2. The number of aromatic nitrogens is 1. The number of benzene rings is 1. The van der Waals surface area contributed by atoms with E-state index in [1.807, 2.05) is 32.0 Å². The summed E-state index contributed by atoms with van der Waals surface area (Å²) in [5, 5.41) is 14.3. The molecule has 0 aliphatic rings. The molecule has 0 bridgehead atoms. The van der Waals surface area contributed by atoms with Crippen LogP contribution in [0, 0.1) is 13.8 Å². The number of aliphatic hydroxyl groups is 1. The van der Waals surface area contributed by atoms with Crippen molar-refractivity contribution >= 4 is 40.6 Å². The molecule has 10 heteroatoms. The first-order valence-electron chi connectivity index (χ1n) is 10.2. The predicted octanol–water partition coefficient (Wildman–Crippen LogP) is 2.31. The number of nitrogens with one attached hydrogen (secondary N) is 2. The van der Waals surface area contributed by atoms with Gasteiger partial charge in [0.2, 0.25) is 0 Å². The quantitative estimate of drug-likeness (QED) is 0.284. The van der Waals surface area contributed by atoms with Gasteiger partial charge in [-0.15, -0.1) is 0 Å². The van der Waals surface area contributed by atoms with Crippen molar-refractivity contribution in [2.75, 3.05) is 26.3 Å². The minimum atomic E-state index is -0.404. The van der Waals surface area contributed by atoms with Crippen molar-refractivity contribution in [3.8, 4) is 5.75 Å². The topological polar surface area (TPSA) is 121 Å². The number of ether oxygens (including phenoxy) is 1. The number of aryl methyl sites for hydroxylation is 2. The Bertz CT molecular complexity index is 1030. The third-order valence-corrected chi connectivity index (χ3v) is 5.56. The zero-order valence-electron chi connectivity index (χ0n) is 18.6. The number of amides is 3. The number of hydrogen-bond donors (Lipinski definition) is 3. The Hall–Kier alpha value is -2.99. The lowest BCUT2D eigenvalue weighted by Gasteiger charge is -2.13. The van der Waals surface area contributed by atoms with E-state index < -0.39 is 5.91 Å². The maximum absolute atomic E-state index is 12.4. The first-order chi connectivity index (χ1) is 15.7. The van der Waals surface area contributed by atoms with Gasteiger partial charge in [0.15, 0.2) is 6.61 Å². The van der Waals surface area contributed by atoms with Crippen LogP contribution in [0.15, 0.2) is 48.8 Å². The lowest BCUT2D eigenvalue weighted by atomic mass is 10.1. The molecule has 0 saturated heterocycles. The highest BCUT2D eigenvalue weighted by Crippen LogP contribution is 2.16. The van der Waals surface area contributed by atoms with E-state index in [4.69, 9.17) is 9.84 Å². The fraction of sp³-hybridized carbons (Fsp3) is 0.304. The summed E-state index contributed by atoms with van der Waals surface area (Å²) in [6.07, 6.45) is 1.70. The van der Waals surface area contributed by atoms with Crippen LogP contribution in [-0.2, 0) is 4.79 Å². The number of nitrogens with zero attached hydrogens (tertiary/aromatic N) is 2. The van der Waals surface area contributed by atoms with Crippen LogP contribution in [0.1, 0.15) is 38.4 Å². The molecule has 0 aliphatic heterocycles. The molecule has 1 aromatic carbocycles. The average molecular weight is 566 g/mol. The van der Waals surface area contributed by atoms with Gasteiger partial charge < -0.3 is 20.5 Å². The van der Waals surface area contributed by atoms with Gasteiger partial charge in [-0.2, -0.15) is 0 Å². The number of carbonyl (C=O) groups is 3. The van der Waals surface area contributed by atoms with Crippen LogP contribution in [0.2, 0.25) is 0 Å². The second kappa shape index (κ2) is 12.9. The number of halogens is 1. The molecule has 0 aliphatic carbocycles. The van der Waals surface area contributed by atoms with Gasteiger partial charge in [-0.1, -0.05) is 12.6 Å². The fourth-order valence-corrected chi connectivity index (χ4v) is 3.14. The molecule has 0 spiro atoms. The summed E-state index contributed by atoms with van der Waals surface area (Å²) in [5.41, 5.74) is 3.05. The van der Waals surface area contributed by atoms with Crippen LogP contribution in [0.5, 0.6) is 5.75 Å². The summed E-state index contributed by atoms with van der Waals surface area (Å²) in [6, 6.07) is 8.49. The number of pyridine rings is 1. The summed E-state index contributed by atoms with van der Waals surface area (Å²) < 4.78 is 6.78. The fourth-order valence-electron chi connectivity index (χ4n) is 2.68. The minimum absolute atomic E-state index is 0.103. The van der Waals surface area contributed by atoms with E-state index in [1.54, 1.807) is 22.9 Å². The van der Waals surface area contributed by atoms with Crippen LogP contribution >= 0.6 is 22.9 Å². The van der Waals surface area contributed by atoms with E-state index in [1.165, 1.54) is 21.4 Å². The Kier molecular flexibility index (Phi) is 10.3. The molecule has 9 nitrogen and oxygen atoms in total. The zero-order valence-corrected chi connectivity index (χ0v) is 20.7. The molecule has 0 atom stereocenters. The van der Waals surface area contributed by atoms with Gasteiger partial charge in [0, 0.05) is 30.4 Å². The smallest absolute Gasteiger partial charge is 0.281 e. The van der Waals surface area contributed by atoms with Crippen molar-refractivity contribution in [3.05, 3.63) is 71.2 Å². The van der Waals surface area contributed by atoms with Gasteiger partial charge in [0.25, 0.3) is 17.7 Å². The first kappa shape index (κ1) is 26.3. The van der Waals surface area contributed by atoms with E-state index >= 15 is 0 Å².